The number of para-hydroxylation sites is 1. The van der Waals surface area contributed by atoms with Crippen molar-refractivity contribution in [2.45, 2.75) is 104 Å². The van der Waals surface area contributed by atoms with E-state index in [9.17, 15) is 4.79 Å². The van der Waals surface area contributed by atoms with Gasteiger partial charge in [0.1, 0.15) is 5.60 Å². The van der Waals surface area contributed by atoms with Gasteiger partial charge in [-0.3, -0.25) is 0 Å². The number of ether oxygens (including phenoxy) is 3. The van der Waals surface area contributed by atoms with Gasteiger partial charge in [0, 0.05) is 0 Å². The quantitative estimate of drug-likeness (QED) is 0.140. The van der Waals surface area contributed by atoms with Crippen molar-refractivity contribution in [3.05, 3.63) is 40.8 Å². The van der Waals surface area contributed by atoms with Crippen LogP contribution < -0.4 is 19.8 Å². The molecule has 0 saturated heterocycles. The van der Waals surface area contributed by atoms with E-state index in [1.807, 2.05) is 39.0 Å². The van der Waals surface area contributed by atoms with Gasteiger partial charge in [-0.2, -0.15) is 0 Å². The van der Waals surface area contributed by atoms with Crippen molar-refractivity contribution in [1.82, 2.24) is 0 Å². The lowest BCUT2D eigenvalue weighted by atomic mass is 10.1. The molecule has 1 heterocycles. The van der Waals surface area contributed by atoms with Gasteiger partial charge in [-0.25, -0.2) is 4.79 Å². The van der Waals surface area contributed by atoms with E-state index >= 15 is 0 Å². The molecule has 0 aliphatic rings. The molecule has 0 amide bonds. The zero-order valence-corrected chi connectivity index (χ0v) is 21.9. The van der Waals surface area contributed by atoms with Crippen LogP contribution in [0.1, 0.15) is 98.8 Å². The molecule has 34 heavy (non-hydrogen) atoms. The van der Waals surface area contributed by atoms with E-state index in [0.717, 1.165) is 25.7 Å². The highest BCUT2D eigenvalue weighted by Crippen LogP contribution is 2.38. The molecule has 0 N–H and O–H groups in total. The fraction of sp³-hybridized carbons (Fsp3) is 0.621. The minimum Gasteiger partial charge on any atom is -0.489 e. The minimum atomic E-state index is -0.539. The standard InChI is InChI=1S/C29H44O5/c1-6-8-10-12-13-14-15-17-21-31-26-23-19-18-20-24(34-29(3,4)5)25(23)33-28(30)27(26)32-22-16-11-9-7-2/h9,11,18-20H,6-8,10,12-17,21-22H2,1-5H3. The molecule has 0 aliphatic carbocycles. The van der Waals surface area contributed by atoms with E-state index in [2.05, 4.69) is 26.0 Å². The molecule has 0 aliphatic heterocycles. The fourth-order valence-corrected chi connectivity index (χ4v) is 3.76. The Hall–Kier alpha value is -2.43. The topological polar surface area (TPSA) is 57.9 Å². The Morgan fingerprint density at radius 2 is 1.53 bits per heavy atom. The predicted molar refractivity (Wildman–Crippen MR) is 141 cm³/mol. The molecular weight excluding hydrogens is 428 g/mol. The molecule has 5 nitrogen and oxygen atoms in total. The highest BCUT2D eigenvalue weighted by molar-refractivity contribution is 5.89. The van der Waals surface area contributed by atoms with Crippen LogP contribution in [0.5, 0.6) is 17.2 Å². The van der Waals surface area contributed by atoms with Crippen LogP contribution in [0.2, 0.25) is 0 Å². The summed E-state index contributed by atoms with van der Waals surface area (Å²) in [5.74, 6) is 1.12. The number of hydrogen-bond acceptors (Lipinski definition) is 5. The zero-order valence-electron chi connectivity index (χ0n) is 21.9. The Morgan fingerprint density at radius 1 is 0.853 bits per heavy atom. The van der Waals surface area contributed by atoms with Crippen LogP contribution in [0, 0.1) is 0 Å². The summed E-state index contributed by atoms with van der Waals surface area (Å²) in [6.45, 7) is 11.1. The smallest absolute Gasteiger partial charge is 0.383 e. The van der Waals surface area contributed by atoms with Crippen LogP contribution in [0.4, 0.5) is 0 Å². The summed E-state index contributed by atoms with van der Waals surface area (Å²) in [7, 11) is 0. The first-order valence-corrected chi connectivity index (χ1v) is 13.1. The van der Waals surface area contributed by atoms with Crippen LogP contribution in [0.3, 0.4) is 0 Å². The summed E-state index contributed by atoms with van der Waals surface area (Å²) >= 11 is 0. The number of fused-ring (bicyclic) bond motifs is 1. The van der Waals surface area contributed by atoms with Gasteiger partial charge in [0.25, 0.3) is 0 Å². The van der Waals surface area contributed by atoms with Crippen molar-refractivity contribution < 1.29 is 18.6 Å². The van der Waals surface area contributed by atoms with Gasteiger partial charge in [0.2, 0.25) is 5.75 Å². The maximum absolute atomic E-state index is 12.9. The lowest BCUT2D eigenvalue weighted by Gasteiger charge is -2.22. The molecular formula is C29H44O5. The van der Waals surface area contributed by atoms with E-state index in [4.69, 9.17) is 18.6 Å². The molecule has 0 unspecified atom stereocenters. The Bertz CT molecular complexity index is 936. The molecule has 0 spiro atoms. The number of rotatable bonds is 16. The molecule has 0 atom stereocenters. The second-order valence-electron chi connectivity index (χ2n) is 9.74. The first-order valence-electron chi connectivity index (χ1n) is 13.1. The Balaban J connectivity index is 2.17. The Morgan fingerprint density at radius 3 is 2.21 bits per heavy atom. The molecule has 5 heteroatoms. The van der Waals surface area contributed by atoms with Crippen LogP contribution in [0.25, 0.3) is 11.0 Å². The number of hydrogen-bond donors (Lipinski definition) is 0. The Labute approximate surface area is 205 Å². The van der Waals surface area contributed by atoms with Gasteiger partial charge < -0.3 is 18.6 Å². The maximum atomic E-state index is 12.9. The van der Waals surface area contributed by atoms with Crippen LogP contribution in [-0.2, 0) is 0 Å². The van der Waals surface area contributed by atoms with E-state index < -0.39 is 11.2 Å². The van der Waals surface area contributed by atoms with Gasteiger partial charge in [-0.1, -0.05) is 77.0 Å². The van der Waals surface area contributed by atoms with Crippen LogP contribution >= 0.6 is 0 Å². The van der Waals surface area contributed by atoms with Gasteiger partial charge in [0.05, 0.1) is 18.6 Å². The monoisotopic (exact) mass is 472 g/mol. The maximum Gasteiger partial charge on any atom is 0.383 e. The fourth-order valence-electron chi connectivity index (χ4n) is 3.76. The molecule has 2 aromatic rings. The summed E-state index contributed by atoms with van der Waals surface area (Å²) in [6.07, 6.45) is 15.6. The molecule has 0 saturated carbocycles. The SMILES string of the molecule is CCC=CCCOc1c(OCCCCCCCCCC)c2cccc(OC(C)(C)C)c2oc1=O. The largest absolute Gasteiger partial charge is 0.489 e. The summed E-state index contributed by atoms with van der Waals surface area (Å²) in [4.78, 5) is 12.9. The summed E-state index contributed by atoms with van der Waals surface area (Å²) < 4.78 is 23.8. The van der Waals surface area contributed by atoms with Gasteiger partial charge in [-0.15, -0.1) is 0 Å². The van der Waals surface area contributed by atoms with Gasteiger partial charge in [-0.05, 0) is 52.2 Å². The third kappa shape index (κ3) is 9.44. The summed E-state index contributed by atoms with van der Waals surface area (Å²) in [5, 5.41) is 0.694. The van der Waals surface area contributed by atoms with Gasteiger partial charge >= 0.3 is 5.63 Å². The lowest BCUT2D eigenvalue weighted by Crippen LogP contribution is -2.23. The van der Waals surface area contributed by atoms with Crippen LogP contribution in [0.15, 0.2) is 39.6 Å². The van der Waals surface area contributed by atoms with Crippen molar-refractivity contribution in [2.24, 2.45) is 0 Å². The first-order chi connectivity index (χ1) is 16.4. The van der Waals surface area contributed by atoms with E-state index in [1.54, 1.807) is 0 Å². The minimum absolute atomic E-state index is 0.143. The van der Waals surface area contributed by atoms with Gasteiger partial charge in [0.15, 0.2) is 17.1 Å². The number of benzene rings is 1. The highest BCUT2D eigenvalue weighted by Gasteiger charge is 2.22. The average molecular weight is 473 g/mol. The van der Waals surface area contributed by atoms with E-state index in [-0.39, 0.29) is 5.75 Å². The third-order valence-corrected chi connectivity index (χ3v) is 5.40. The van der Waals surface area contributed by atoms with Crippen LogP contribution in [-0.4, -0.2) is 18.8 Å². The first kappa shape index (κ1) is 27.8. The van der Waals surface area contributed by atoms with E-state index in [0.29, 0.717) is 35.7 Å². The number of unbranched alkanes of at least 4 members (excludes halogenated alkanes) is 7. The molecule has 1 aromatic carbocycles. The van der Waals surface area contributed by atoms with E-state index in [1.165, 1.54) is 38.5 Å². The predicted octanol–water partition coefficient (Wildman–Crippen LogP) is 8.22. The number of allylic oxidation sites excluding steroid dienone is 1. The van der Waals surface area contributed by atoms with Crippen molar-refractivity contribution in [3.8, 4) is 17.2 Å². The third-order valence-electron chi connectivity index (χ3n) is 5.40. The molecule has 0 fully saturated rings. The van der Waals surface area contributed by atoms with Crippen molar-refractivity contribution in [1.29, 1.82) is 0 Å². The zero-order chi connectivity index (χ0) is 24.8. The van der Waals surface area contributed by atoms with Crippen molar-refractivity contribution in [2.75, 3.05) is 13.2 Å². The normalized spacial score (nSPS) is 11.9. The average Bonchev–Trinajstić information content (AvgIpc) is 2.78. The molecule has 1 aromatic heterocycles. The highest BCUT2D eigenvalue weighted by atomic mass is 16.5. The second-order valence-corrected chi connectivity index (χ2v) is 9.74. The second kappa shape index (κ2) is 14.7. The molecule has 0 radical (unpaired) electrons. The Kier molecular flexibility index (Phi) is 12.1. The molecule has 2 rings (SSSR count). The lowest BCUT2D eigenvalue weighted by molar-refractivity contribution is 0.131. The summed E-state index contributed by atoms with van der Waals surface area (Å²) in [5.41, 5.74) is -0.569. The van der Waals surface area contributed by atoms with Crippen molar-refractivity contribution in [3.63, 3.8) is 0 Å². The van der Waals surface area contributed by atoms with Crippen molar-refractivity contribution >= 4 is 11.0 Å². The molecule has 0 bridgehead atoms. The molecule has 190 valence electrons. The summed E-state index contributed by atoms with van der Waals surface area (Å²) in [6, 6.07) is 5.59.